The van der Waals surface area contributed by atoms with Crippen LogP contribution in [0, 0.1) is 0 Å². The SMILES string of the molecule is C=c1[nH][nH]c(=C)n(C(C)=O)[nH]1. The number of nitrogens with zero attached hydrogens (tertiary/aromatic N) is 1. The first-order valence-corrected chi connectivity index (χ1v) is 3.08. The highest BCUT2D eigenvalue weighted by Crippen LogP contribution is 1.64. The third kappa shape index (κ3) is 1.43. The largest absolute Gasteiger partial charge is 0.284 e. The second-order valence-electron chi connectivity index (χ2n) is 2.14. The second kappa shape index (κ2) is 2.53. The minimum Gasteiger partial charge on any atom is -0.284 e. The van der Waals surface area contributed by atoms with Crippen LogP contribution in [-0.4, -0.2) is 25.9 Å². The fourth-order valence-corrected chi connectivity index (χ4v) is 0.703. The average molecular weight is 154 g/mol. The van der Waals surface area contributed by atoms with Gasteiger partial charge in [0.05, 0.1) is 0 Å². The fraction of sp³-hybridized carbons (Fsp3) is 0.167. The molecule has 0 aromatic carbocycles. The molecular weight excluding hydrogens is 144 g/mol. The molecule has 0 atom stereocenters. The summed E-state index contributed by atoms with van der Waals surface area (Å²) in [7, 11) is 0. The Kier molecular flexibility index (Phi) is 1.72. The van der Waals surface area contributed by atoms with Crippen molar-refractivity contribution in [3.63, 3.8) is 0 Å². The van der Waals surface area contributed by atoms with Crippen LogP contribution >= 0.6 is 0 Å². The Bertz CT molecular complexity index is 386. The zero-order valence-corrected chi connectivity index (χ0v) is 6.27. The maximum absolute atomic E-state index is 10.8. The predicted octanol–water partition coefficient (Wildman–Crippen LogP) is -0.922. The Balaban J connectivity index is 3.47. The quantitative estimate of drug-likeness (QED) is 0.444. The van der Waals surface area contributed by atoms with Crippen molar-refractivity contribution < 1.29 is 4.79 Å². The molecule has 0 saturated carbocycles. The smallest absolute Gasteiger partial charge is 0.243 e. The van der Waals surface area contributed by atoms with Gasteiger partial charge in [-0.05, 0) is 0 Å². The number of aromatic nitrogens is 4. The van der Waals surface area contributed by atoms with Crippen LogP contribution in [0.1, 0.15) is 11.7 Å². The van der Waals surface area contributed by atoms with Crippen molar-refractivity contribution in [2.24, 2.45) is 0 Å². The van der Waals surface area contributed by atoms with Crippen molar-refractivity contribution in [3.8, 4) is 0 Å². The van der Waals surface area contributed by atoms with Crippen LogP contribution in [0.15, 0.2) is 0 Å². The van der Waals surface area contributed by atoms with E-state index in [0.717, 1.165) is 0 Å². The van der Waals surface area contributed by atoms with Crippen molar-refractivity contribution in [2.45, 2.75) is 6.92 Å². The molecule has 0 aliphatic heterocycles. The van der Waals surface area contributed by atoms with Crippen LogP contribution in [0.3, 0.4) is 0 Å². The van der Waals surface area contributed by atoms with Gasteiger partial charge in [0.2, 0.25) is 5.91 Å². The monoisotopic (exact) mass is 154 g/mol. The Morgan fingerprint density at radius 3 is 2.55 bits per heavy atom. The van der Waals surface area contributed by atoms with E-state index in [9.17, 15) is 4.79 Å². The standard InChI is InChI=1S/C6H10N4O/c1-4-7-8-5(2)10(9-4)6(3)11/h7-9H,1-2H2,3H3. The van der Waals surface area contributed by atoms with E-state index in [2.05, 4.69) is 28.5 Å². The highest BCUT2D eigenvalue weighted by Gasteiger charge is 1.93. The molecule has 0 amide bonds. The Hall–Kier alpha value is -1.65. The Morgan fingerprint density at radius 2 is 2.09 bits per heavy atom. The Labute approximate surface area is 62.7 Å². The lowest BCUT2D eigenvalue weighted by Crippen LogP contribution is -2.36. The molecule has 0 bridgehead atoms. The number of carbonyl (C=O) groups excluding carboxylic acids is 1. The summed E-state index contributed by atoms with van der Waals surface area (Å²) in [6, 6.07) is 0. The average Bonchev–Trinajstić information content (AvgIpc) is 1.94. The first kappa shape index (κ1) is 7.46. The van der Waals surface area contributed by atoms with Gasteiger partial charge < -0.3 is 0 Å². The lowest BCUT2D eigenvalue weighted by atomic mass is 10.7. The van der Waals surface area contributed by atoms with Crippen molar-refractivity contribution in [3.05, 3.63) is 11.0 Å². The number of hydrogen-bond donors (Lipinski definition) is 3. The van der Waals surface area contributed by atoms with Gasteiger partial charge in [-0.2, -0.15) is 0 Å². The van der Waals surface area contributed by atoms with E-state index in [1.807, 2.05) is 0 Å². The highest BCUT2D eigenvalue weighted by molar-refractivity contribution is 5.74. The Morgan fingerprint density at radius 1 is 1.45 bits per heavy atom. The van der Waals surface area contributed by atoms with Gasteiger partial charge in [-0.3, -0.25) is 20.1 Å². The van der Waals surface area contributed by atoms with Gasteiger partial charge in [-0.25, -0.2) is 4.68 Å². The summed E-state index contributed by atoms with van der Waals surface area (Å²) in [6.45, 7) is 8.57. The molecule has 1 aromatic heterocycles. The van der Waals surface area contributed by atoms with Gasteiger partial charge >= 0.3 is 0 Å². The van der Waals surface area contributed by atoms with Crippen LogP contribution in [0.5, 0.6) is 0 Å². The zero-order chi connectivity index (χ0) is 8.43. The second-order valence-corrected chi connectivity index (χ2v) is 2.14. The van der Waals surface area contributed by atoms with Gasteiger partial charge in [0, 0.05) is 6.92 Å². The van der Waals surface area contributed by atoms with Crippen molar-refractivity contribution in [1.29, 1.82) is 0 Å². The first-order chi connectivity index (χ1) is 5.11. The maximum atomic E-state index is 10.8. The lowest BCUT2D eigenvalue weighted by molar-refractivity contribution is 0.0910. The van der Waals surface area contributed by atoms with Crippen LogP contribution in [0.25, 0.3) is 13.2 Å². The summed E-state index contributed by atoms with van der Waals surface area (Å²) in [6.07, 6.45) is 0. The molecule has 0 spiro atoms. The van der Waals surface area contributed by atoms with Crippen LogP contribution in [0.2, 0.25) is 0 Å². The van der Waals surface area contributed by atoms with Gasteiger partial charge in [0.1, 0.15) is 11.0 Å². The molecule has 0 unspecified atom stereocenters. The molecule has 5 nitrogen and oxygen atoms in total. The van der Waals surface area contributed by atoms with Crippen LogP contribution < -0.4 is 11.0 Å². The summed E-state index contributed by atoms with van der Waals surface area (Å²) in [5, 5.41) is 8.01. The highest BCUT2D eigenvalue weighted by atomic mass is 16.2. The molecule has 1 aromatic rings. The van der Waals surface area contributed by atoms with Gasteiger partial charge in [0.25, 0.3) is 0 Å². The van der Waals surface area contributed by atoms with Gasteiger partial charge in [0.15, 0.2) is 0 Å². The fourth-order valence-electron chi connectivity index (χ4n) is 0.703. The number of aromatic amines is 3. The third-order valence-electron chi connectivity index (χ3n) is 1.19. The molecule has 5 heteroatoms. The number of hydrogen-bond acceptors (Lipinski definition) is 1. The maximum Gasteiger partial charge on any atom is 0.243 e. The minimum atomic E-state index is -0.148. The van der Waals surface area contributed by atoms with Gasteiger partial charge in [-0.15, -0.1) is 0 Å². The zero-order valence-electron chi connectivity index (χ0n) is 6.27. The van der Waals surface area contributed by atoms with Crippen molar-refractivity contribution >= 4 is 19.1 Å². The summed E-state index contributed by atoms with van der Waals surface area (Å²) >= 11 is 0. The summed E-state index contributed by atoms with van der Waals surface area (Å²) in [4.78, 5) is 10.8. The first-order valence-electron chi connectivity index (χ1n) is 3.08. The molecule has 0 aliphatic carbocycles. The van der Waals surface area contributed by atoms with Crippen LogP contribution in [0.4, 0.5) is 0 Å². The molecule has 0 aliphatic rings. The van der Waals surface area contributed by atoms with Crippen LogP contribution in [-0.2, 0) is 0 Å². The van der Waals surface area contributed by atoms with Crippen molar-refractivity contribution in [1.82, 2.24) is 20.0 Å². The number of nitrogens with one attached hydrogen (secondary N) is 3. The molecule has 3 N–H and O–H groups in total. The normalized spacial score (nSPS) is 9.55. The van der Waals surface area contributed by atoms with E-state index < -0.39 is 0 Å². The molecule has 0 fully saturated rings. The summed E-state index contributed by atoms with van der Waals surface area (Å²) in [5.74, 6) is -0.148. The number of carbonyl (C=O) groups is 1. The van der Waals surface area contributed by atoms with E-state index in [0.29, 0.717) is 11.0 Å². The molecule has 0 radical (unpaired) electrons. The summed E-state index contributed by atoms with van der Waals surface area (Å²) in [5.41, 5.74) is 0.956. The topological polar surface area (TPSA) is 69.4 Å². The lowest BCUT2D eigenvalue weighted by Gasteiger charge is -2.01. The van der Waals surface area contributed by atoms with E-state index in [-0.39, 0.29) is 5.91 Å². The summed E-state index contributed by atoms with van der Waals surface area (Å²) < 4.78 is 1.26. The van der Waals surface area contributed by atoms with Crippen molar-refractivity contribution in [2.75, 3.05) is 0 Å². The minimum absolute atomic E-state index is 0.148. The predicted molar refractivity (Wildman–Crippen MR) is 41.7 cm³/mol. The van der Waals surface area contributed by atoms with Gasteiger partial charge in [-0.1, -0.05) is 13.2 Å². The molecule has 60 valence electrons. The third-order valence-corrected chi connectivity index (χ3v) is 1.19. The molecule has 11 heavy (non-hydrogen) atoms. The van der Waals surface area contributed by atoms with E-state index in [1.54, 1.807) is 0 Å². The molecule has 1 rings (SSSR count). The molecule has 1 heterocycles. The molecular formula is C6H10N4O. The van der Waals surface area contributed by atoms with E-state index in [1.165, 1.54) is 11.6 Å². The molecule has 0 saturated heterocycles. The number of H-pyrrole nitrogens is 3. The number of rotatable bonds is 0. The van der Waals surface area contributed by atoms with E-state index >= 15 is 0 Å². The van der Waals surface area contributed by atoms with E-state index in [4.69, 9.17) is 0 Å².